The van der Waals surface area contributed by atoms with E-state index >= 15 is 0 Å². The summed E-state index contributed by atoms with van der Waals surface area (Å²) >= 11 is 0. The summed E-state index contributed by atoms with van der Waals surface area (Å²) in [6.07, 6.45) is 3.24. The first kappa shape index (κ1) is 13.9. The van der Waals surface area contributed by atoms with Crippen molar-refractivity contribution in [3.05, 3.63) is 65.2 Å². The van der Waals surface area contributed by atoms with E-state index in [1.165, 1.54) is 6.08 Å². The molecule has 4 heteroatoms. The Labute approximate surface area is 128 Å². The molecule has 22 heavy (non-hydrogen) atoms. The molecule has 0 amide bonds. The largest absolute Gasteiger partial charge is 0.486 e. The summed E-state index contributed by atoms with van der Waals surface area (Å²) in [7, 11) is 0. The molecule has 4 nitrogen and oxygen atoms in total. The molecule has 0 bridgehead atoms. The van der Waals surface area contributed by atoms with Gasteiger partial charge in [0.2, 0.25) is 0 Å². The van der Waals surface area contributed by atoms with Gasteiger partial charge in [-0.3, -0.25) is 4.79 Å². The first-order valence-electron chi connectivity index (χ1n) is 6.88. The van der Waals surface area contributed by atoms with Crippen molar-refractivity contribution < 1.29 is 14.3 Å². The van der Waals surface area contributed by atoms with Crippen LogP contribution in [0.1, 0.15) is 21.5 Å². The lowest BCUT2D eigenvalue weighted by atomic mass is 10.1. The highest BCUT2D eigenvalue weighted by molar-refractivity contribution is 6.06. The van der Waals surface area contributed by atoms with Crippen LogP contribution in [0.3, 0.4) is 0 Å². The number of fused-ring (bicyclic) bond motifs is 1. The number of hydrogen-bond acceptors (Lipinski definition) is 4. The normalized spacial score (nSPS) is 12.9. The number of hydrogen-bond donors (Lipinski definition) is 0. The van der Waals surface area contributed by atoms with Gasteiger partial charge in [0.25, 0.3) is 0 Å². The molecule has 2 aromatic rings. The Morgan fingerprint density at radius 3 is 2.50 bits per heavy atom. The number of rotatable bonds is 3. The van der Waals surface area contributed by atoms with Gasteiger partial charge in [0.1, 0.15) is 13.2 Å². The molecule has 1 heterocycles. The number of ether oxygens (including phenoxy) is 2. The summed E-state index contributed by atoms with van der Waals surface area (Å²) in [5, 5.41) is 8.75. The molecular formula is C18H13NO3. The summed E-state index contributed by atoms with van der Waals surface area (Å²) < 4.78 is 11.0. The van der Waals surface area contributed by atoms with Gasteiger partial charge in [0.05, 0.1) is 11.6 Å². The second-order valence-corrected chi connectivity index (χ2v) is 4.79. The van der Waals surface area contributed by atoms with Gasteiger partial charge in [-0.1, -0.05) is 12.1 Å². The smallest absolute Gasteiger partial charge is 0.185 e. The van der Waals surface area contributed by atoms with Crippen molar-refractivity contribution in [3.8, 4) is 17.6 Å². The third-order valence-electron chi connectivity index (χ3n) is 3.29. The molecule has 108 valence electrons. The Kier molecular flexibility index (Phi) is 3.88. The number of carbonyl (C=O) groups is 1. The van der Waals surface area contributed by atoms with Crippen LogP contribution in [0, 0.1) is 11.3 Å². The van der Waals surface area contributed by atoms with Gasteiger partial charge >= 0.3 is 0 Å². The van der Waals surface area contributed by atoms with Crippen molar-refractivity contribution in [2.45, 2.75) is 0 Å². The lowest BCUT2D eigenvalue weighted by Gasteiger charge is -2.18. The van der Waals surface area contributed by atoms with Gasteiger partial charge in [-0.25, -0.2) is 0 Å². The van der Waals surface area contributed by atoms with Gasteiger partial charge < -0.3 is 9.47 Å². The van der Waals surface area contributed by atoms with E-state index in [0.29, 0.717) is 30.1 Å². The second-order valence-electron chi connectivity index (χ2n) is 4.79. The fourth-order valence-corrected chi connectivity index (χ4v) is 2.14. The zero-order valence-corrected chi connectivity index (χ0v) is 11.8. The van der Waals surface area contributed by atoms with E-state index in [-0.39, 0.29) is 5.78 Å². The second kappa shape index (κ2) is 6.15. The monoisotopic (exact) mass is 291 g/mol. The highest BCUT2D eigenvalue weighted by Gasteiger charge is 2.10. The Morgan fingerprint density at radius 2 is 1.77 bits per heavy atom. The Hall–Kier alpha value is -3.06. The van der Waals surface area contributed by atoms with Crippen molar-refractivity contribution in [3.63, 3.8) is 0 Å². The lowest BCUT2D eigenvalue weighted by molar-refractivity contribution is 0.104. The van der Waals surface area contributed by atoms with Gasteiger partial charge in [-0.15, -0.1) is 0 Å². The Bertz CT molecular complexity index is 770. The fraction of sp³-hybridized carbons (Fsp3) is 0.111. The molecule has 0 N–H and O–H groups in total. The van der Waals surface area contributed by atoms with Gasteiger partial charge in [0, 0.05) is 5.56 Å². The molecule has 0 saturated carbocycles. The predicted molar refractivity (Wildman–Crippen MR) is 82.0 cm³/mol. The van der Waals surface area contributed by atoms with Crippen LogP contribution in [0.2, 0.25) is 0 Å². The van der Waals surface area contributed by atoms with Crippen molar-refractivity contribution in [2.24, 2.45) is 0 Å². The minimum atomic E-state index is -0.112. The van der Waals surface area contributed by atoms with Gasteiger partial charge in [-0.05, 0) is 48.0 Å². The fourth-order valence-electron chi connectivity index (χ4n) is 2.14. The van der Waals surface area contributed by atoms with E-state index < -0.39 is 0 Å². The highest BCUT2D eigenvalue weighted by atomic mass is 16.6. The average Bonchev–Trinajstić information content (AvgIpc) is 2.59. The van der Waals surface area contributed by atoms with Gasteiger partial charge in [-0.2, -0.15) is 5.26 Å². The van der Waals surface area contributed by atoms with Crippen LogP contribution in [-0.4, -0.2) is 19.0 Å². The lowest BCUT2D eigenvalue weighted by Crippen LogP contribution is -2.15. The molecule has 0 atom stereocenters. The van der Waals surface area contributed by atoms with E-state index in [0.717, 1.165) is 11.3 Å². The van der Waals surface area contributed by atoms with E-state index in [1.54, 1.807) is 30.3 Å². The van der Waals surface area contributed by atoms with E-state index in [4.69, 9.17) is 14.7 Å². The molecule has 1 aliphatic heterocycles. The van der Waals surface area contributed by atoms with Crippen molar-refractivity contribution >= 4 is 11.9 Å². The third-order valence-corrected chi connectivity index (χ3v) is 3.29. The maximum atomic E-state index is 12.1. The number of carbonyl (C=O) groups excluding carboxylic acids is 1. The molecule has 0 fully saturated rings. The number of benzene rings is 2. The van der Waals surface area contributed by atoms with E-state index in [1.807, 2.05) is 24.3 Å². The number of allylic oxidation sites excluding steroid dienone is 1. The molecule has 0 spiro atoms. The van der Waals surface area contributed by atoms with Crippen molar-refractivity contribution in [1.29, 1.82) is 5.26 Å². The summed E-state index contributed by atoms with van der Waals surface area (Å²) in [5.41, 5.74) is 1.95. The first-order chi connectivity index (χ1) is 10.8. The zero-order chi connectivity index (χ0) is 15.4. The molecule has 0 aromatic heterocycles. The summed E-state index contributed by atoms with van der Waals surface area (Å²) in [5.74, 6) is 1.31. The van der Waals surface area contributed by atoms with Crippen LogP contribution in [0.5, 0.6) is 11.5 Å². The van der Waals surface area contributed by atoms with Crippen molar-refractivity contribution in [1.82, 2.24) is 0 Å². The Morgan fingerprint density at radius 1 is 1.05 bits per heavy atom. The van der Waals surface area contributed by atoms with E-state index in [2.05, 4.69) is 0 Å². The number of nitriles is 1. The SMILES string of the molecule is N#Cc1ccc(C(=O)/C=C/c2ccc3c(c2)OCCO3)cc1. The maximum Gasteiger partial charge on any atom is 0.185 e. The van der Waals surface area contributed by atoms with Crippen LogP contribution in [-0.2, 0) is 0 Å². The molecule has 3 rings (SSSR count). The van der Waals surface area contributed by atoms with E-state index in [9.17, 15) is 4.79 Å². The summed E-state index contributed by atoms with van der Waals surface area (Å²) in [6, 6.07) is 14.1. The minimum Gasteiger partial charge on any atom is -0.486 e. The molecule has 0 aliphatic carbocycles. The topological polar surface area (TPSA) is 59.3 Å². The summed E-state index contributed by atoms with van der Waals surface area (Å²) in [6.45, 7) is 1.09. The molecule has 0 saturated heterocycles. The van der Waals surface area contributed by atoms with Crippen LogP contribution in [0.4, 0.5) is 0 Å². The van der Waals surface area contributed by atoms with Crippen LogP contribution < -0.4 is 9.47 Å². The van der Waals surface area contributed by atoms with Crippen LogP contribution in [0.15, 0.2) is 48.5 Å². The molecule has 1 aliphatic rings. The molecular weight excluding hydrogens is 278 g/mol. The number of nitrogens with zero attached hydrogens (tertiary/aromatic N) is 1. The zero-order valence-electron chi connectivity index (χ0n) is 11.8. The molecule has 2 aromatic carbocycles. The summed E-state index contributed by atoms with van der Waals surface area (Å²) in [4.78, 5) is 12.1. The van der Waals surface area contributed by atoms with Crippen LogP contribution >= 0.6 is 0 Å². The van der Waals surface area contributed by atoms with Crippen LogP contribution in [0.25, 0.3) is 6.08 Å². The standard InChI is InChI=1S/C18H13NO3/c19-12-14-1-5-15(6-2-14)16(20)7-3-13-4-8-17-18(11-13)22-10-9-21-17/h1-8,11H,9-10H2/b7-3+. The maximum absolute atomic E-state index is 12.1. The third kappa shape index (κ3) is 2.99. The molecule has 0 unspecified atom stereocenters. The quantitative estimate of drug-likeness (QED) is 0.643. The van der Waals surface area contributed by atoms with Crippen molar-refractivity contribution in [2.75, 3.05) is 13.2 Å². The first-order valence-corrected chi connectivity index (χ1v) is 6.88. The highest BCUT2D eigenvalue weighted by Crippen LogP contribution is 2.31. The molecule has 0 radical (unpaired) electrons. The minimum absolute atomic E-state index is 0.112. The predicted octanol–water partition coefficient (Wildman–Crippen LogP) is 3.23. The van der Waals surface area contributed by atoms with Gasteiger partial charge in [0.15, 0.2) is 17.3 Å². The Balaban J connectivity index is 1.75. The number of ketones is 1. The average molecular weight is 291 g/mol.